The van der Waals surface area contributed by atoms with Crippen molar-refractivity contribution in [3.8, 4) is 22.7 Å². The number of halogens is 1. The standard InChI is InChI=1S/C29H29FN4O5S/c1-38-24-13-15-26(16-14-24)40(36,37)33(18-25-8-5-17-39-25)20-28(35)32-29-31-27(21-6-3-2-4-7-21)19-34(29)23-11-9-22(30)10-12-23/h2-4,6-7,9-16,19,25H,5,8,17-18,20H2,1H3,(H,31,32,35). The molecule has 0 spiro atoms. The van der Waals surface area contributed by atoms with Crippen molar-refractivity contribution in [2.75, 3.05) is 32.1 Å². The van der Waals surface area contributed by atoms with Crippen LogP contribution < -0.4 is 10.1 Å². The first kappa shape index (κ1) is 27.5. The number of benzene rings is 3. The molecular weight excluding hydrogens is 535 g/mol. The topological polar surface area (TPSA) is 103 Å². The zero-order valence-electron chi connectivity index (χ0n) is 21.9. The Morgan fingerprint density at radius 1 is 1.10 bits per heavy atom. The molecule has 2 heterocycles. The third-order valence-electron chi connectivity index (χ3n) is 6.58. The van der Waals surface area contributed by atoms with Crippen LogP contribution in [0.1, 0.15) is 12.8 Å². The first-order valence-electron chi connectivity index (χ1n) is 12.8. The zero-order valence-corrected chi connectivity index (χ0v) is 22.7. The second kappa shape index (κ2) is 12.0. The van der Waals surface area contributed by atoms with Crippen LogP contribution in [0, 0.1) is 5.82 Å². The Morgan fingerprint density at radius 2 is 1.82 bits per heavy atom. The van der Waals surface area contributed by atoms with Crippen LogP contribution in [0.3, 0.4) is 0 Å². The largest absolute Gasteiger partial charge is 0.497 e. The lowest BCUT2D eigenvalue weighted by Crippen LogP contribution is -2.42. The van der Waals surface area contributed by atoms with Crippen LogP contribution in [0.5, 0.6) is 5.75 Å². The predicted molar refractivity (Wildman–Crippen MR) is 148 cm³/mol. The number of ether oxygens (including phenoxy) is 2. The van der Waals surface area contributed by atoms with Gasteiger partial charge in [-0.1, -0.05) is 30.3 Å². The van der Waals surface area contributed by atoms with Crippen molar-refractivity contribution in [2.45, 2.75) is 23.8 Å². The number of amides is 1. The molecule has 5 rings (SSSR count). The molecule has 40 heavy (non-hydrogen) atoms. The van der Waals surface area contributed by atoms with Crippen LogP contribution in [0.2, 0.25) is 0 Å². The van der Waals surface area contributed by atoms with Gasteiger partial charge in [0.15, 0.2) is 0 Å². The van der Waals surface area contributed by atoms with Crippen molar-refractivity contribution in [3.05, 3.63) is 90.9 Å². The summed E-state index contributed by atoms with van der Waals surface area (Å²) >= 11 is 0. The number of aromatic nitrogens is 2. The third kappa shape index (κ3) is 6.22. The summed E-state index contributed by atoms with van der Waals surface area (Å²) in [4.78, 5) is 18.0. The third-order valence-corrected chi connectivity index (χ3v) is 8.41. The van der Waals surface area contributed by atoms with E-state index >= 15 is 0 Å². The Bertz CT molecular complexity index is 1550. The Hall–Kier alpha value is -4.06. The SMILES string of the molecule is COc1ccc(S(=O)(=O)N(CC(=O)Nc2nc(-c3ccccc3)cn2-c2ccc(F)cc2)CC2CCCO2)cc1. The highest BCUT2D eigenvalue weighted by molar-refractivity contribution is 7.89. The maximum Gasteiger partial charge on any atom is 0.243 e. The second-order valence-electron chi connectivity index (χ2n) is 9.32. The van der Waals surface area contributed by atoms with E-state index in [9.17, 15) is 17.6 Å². The van der Waals surface area contributed by atoms with Crippen LogP contribution in [0.4, 0.5) is 10.3 Å². The quantitative estimate of drug-likeness (QED) is 0.304. The fourth-order valence-corrected chi connectivity index (χ4v) is 5.93. The minimum Gasteiger partial charge on any atom is -0.497 e. The van der Waals surface area contributed by atoms with Crippen molar-refractivity contribution in [1.29, 1.82) is 0 Å². The van der Waals surface area contributed by atoms with Gasteiger partial charge in [-0.2, -0.15) is 4.31 Å². The molecule has 1 aromatic heterocycles. The van der Waals surface area contributed by atoms with Gasteiger partial charge in [-0.25, -0.2) is 17.8 Å². The number of hydrogen-bond donors (Lipinski definition) is 1. The summed E-state index contributed by atoms with van der Waals surface area (Å²) in [6.07, 6.45) is 2.94. The van der Waals surface area contributed by atoms with E-state index in [1.54, 1.807) is 35.0 Å². The minimum absolute atomic E-state index is 0.0312. The van der Waals surface area contributed by atoms with Crippen LogP contribution >= 0.6 is 0 Å². The molecule has 208 valence electrons. The van der Waals surface area contributed by atoms with E-state index in [0.717, 1.165) is 16.3 Å². The number of rotatable bonds is 10. The molecule has 1 aliphatic heterocycles. The van der Waals surface area contributed by atoms with Gasteiger partial charge in [-0.05, 0) is 61.4 Å². The molecule has 3 aromatic carbocycles. The highest BCUT2D eigenvalue weighted by atomic mass is 32.2. The molecule has 0 bridgehead atoms. The summed E-state index contributed by atoms with van der Waals surface area (Å²) in [5.74, 6) is -0.284. The summed E-state index contributed by atoms with van der Waals surface area (Å²) in [5, 5.41) is 2.76. The van der Waals surface area contributed by atoms with Gasteiger partial charge in [0.2, 0.25) is 21.9 Å². The highest BCUT2D eigenvalue weighted by Gasteiger charge is 2.31. The van der Waals surface area contributed by atoms with Gasteiger partial charge in [0.05, 0.1) is 30.3 Å². The lowest BCUT2D eigenvalue weighted by Gasteiger charge is -2.24. The molecule has 1 N–H and O–H groups in total. The van der Waals surface area contributed by atoms with Crippen LogP contribution in [-0.2, 0) is 19.6 Å². The van der Waals surface area contributed by atoms with Gasteiger partial charge in [-0.3, -0.25) is 14.7 Å². The maximum atomic E-state index is 13.6. The number of nitrogens with zero attached hydrogens (tertiary/aromatic N) is 3. The first-order valence-corrected chi connectivity index (χ1v) is 14.2. The summed E-state index contributed by atoms with van der Waals surface area (Å²) < 4.78 is 54.4. The number of sulfonamides is 1. The van der Waals surface area contributed by atoms with E-state index in [1.807, 2.05) is 30.3 Å². The van der Waals surface area contributed by atoms with E-state index < -0.39 is 28.3 Å². The molecule has 9 nitrogen and oxygen atoms in total. The molecule has 0 radical (unpaired) electrons. The summed E-state index contributed by atoms with van der Waals surface area (Å²) in [6, 6.07) is 21.2. The molecule has 4 aromatic rings. The number of hydrogen-bond acceptors (Lipinski definition) is 6. The number of anilines is 1. The van der Waals surface area contributed by atoms with Crippen LogP contribution in [0.25, 0.3) is 16.9 Å². The van der Waals surface area contributed by atoms with Crippen molar-refractivity contribution < 1.29 is 27.1 Å². The minimum atomic E-state index is -4.04. The van der Waals surface area contributed by atoms with E-state index in [4.69, 9.17) is 9.47 Å². The lowest BCUT2D eigenvalue weighted by molar-refractivity contribution is -0.116. The Morgan fingerprint density at radius 3 is 2.48 bits per heavy atom. The number of carbonyl (C=O) groups excluding carboxylic acids is 1. The van der Waals surface area contributed by atoms with Crippen molar-refractivity contribution in [2.24, 2.45) is 0 Å². The Balaban J connectivity index is 1.43. The molecule has 1 aliphatic rings. The van der Waals surface area contributed by atoms with Crippen molar-refractivity contribution in [1.82, 2.24) is 13.9 Å². The van der Waals surface area contributed by atoms with Gasteiger partial charge in [0.1, 0.15) is 11.6 Å². The van der Waals surface area contributed by atoms with E-state index in [1.165, 1.54) is 31.4 Å². The van der Waals surface area contributed by atoms with Crippen molar-refractivity contribution in [3.63, 3.8) is 0 Å². The van der Waals surface area contributed by atoms with E-state index in [-0.39, 0.29) is 23.5 Å². The maximum absolute atomic E-state index is 13.6. The molecule has 0 saturated carbocycles. The zero-order chi connectivity index (χ0) is 28.1. The van der Waals surface area contributed by atoms with E-state index in [2.05, 4.69) is 10.3 Å². The Labute approximate surface area is 232 Å². The van der Waals surface area contributed by atoms with Crippen LogP contribution in [0.15, 0.2) is 90.0 Å². The number of methoxy groups -OCH3 is 1. The summed E-state index contributed by atoms with van der Waals surface area (Å²) in [6.45, 7) is 0.124. The first-order chi connectivity index (χ1) is 19.3. The Kier molecular flexibility index (Phi) is 8.24. The van der Waals surface area contributed by atoms with Crippen molar-refractivity contribution >= 4 is 21.9 Å². The van der Waals surface area contributed by atoms with Gasteiger partial charge in [0.25, 0.3) is 0 Å². The monoisotopic (exact) mass is 564 g/mol. The van der Waals surface area contributed by atoms with Gasteiger partial charge in [-0.15, -0.1) is 0 Å². The average Bonchev–Trinajstić information content (AvgIpc) is 3.64. The van der Waals surface area contributed by atoms with Gasteiger partial charge < -0.3 is 9.47 Å². The number of carbonyl (C=O) groups is 1. The van der Waals surface area contributed by atoms with E-state index in [0.29, 0.717) is 30.2 Å². The number of imidazole rings is 1. The molecule has 0 aliphatic carbocycles. The molecule has 1 unspecified atom stereocenters. The van der Waals surface area contributed by atoms with Gasteiger partial charge >= 0.3 is 0 Å². The fraction of sp³-hybridized carbons (Fsp3) is 0.241. The highest BCUT2D eigenvalue weighted by Crippen LogP contribution is 2.26. The van der Waals surface area contributed by atoms with Gasteiger partial charge in [0, 0.05) is 30.6 Å². The molecular formula is C29H29FN4O5S. The molecule has 1 atom stereocenters. The molecule has 1 saturated heterocycles. The van der Waals surface area contributed by atoms with Crippen LogP contribution in [-0.4, -0.2) is 61.1 Å². The number of nitrogens with one attached hydrogen (secondary N) is 1. The summed E-state index contributed by atoms with van der Waals surface area (Å²) in [5.41, 5.74) is 1.98. The molecule has 1 fully saturated rings. The second-order valence-corrected chi connectivity index (χ2v) is 11.3. The predicted octanol–water partition coefficient (Wildman–Crippen LogP) is 4.50. The molecule has 1 amide bonds. The lowest BCUT2D eigenvalue weighted by atomic mass is 10.2. The smallest absolute Gasteiger partial charge is 0.243 e. The average molecular weight is 565 g/mol. The summed E-state index contributed by atoms with van der Waals surface area (Å²) in [7, 11) is -2.54. The normalized spacial score (nSPS) is 15.3. The molecule has 11 heteroatoms. The fourth-order valence-electron chi connectivity index (χ4n) is 4.50.